The van der Waals surface area contributed by atoms with E-state index in [1.165, 1.54) is 12.3 Å². The van der Waals surface area contributed by atoms with Crippen LogP contribution in [0, 0.1) is 0 Å². The Balaban J connectivity index is 1.68. The minimum Gasteiger partial charge on any atom is -0.507 e. The zero-order chi connectivity index (χ0) is 18.5. The van der Waals surface area contributed by atoms with Crippen LogP contribution in [-0.2, 0) is 0 Å². The van der Waals surface area contributed by atoms with Gasteiger partial charge in [0.25, 0.3) is 5.91 Å². The Kier molecular flexibility index (Phi) is 5.33. The van der Waals surface area contributed by atoms with Crippen molar-refractivity contribution in [2.45, 2.75) is 0 Å². The number of H-pyrrole nitrogens is 1. The molecule has 132 valence electrons. The molecule has 0 radical (unpaired) electrons. The molecule has 0 saturated heterocycles. The summed E-state index contributed by atoms with van der Waals surface area (Å²) in [5.74, 6) is 0.366. The van der Waals surface area contributed by atoms with Crippen LogP contribution in [0.5, 0.6) is 11.5 Å². The average Bonchev–Trinajstić information content (AvgIpc) is 3.15. The van der Waals surface area contributed by atoms with Gasteiger partial charge in [0.1, 0.15) is 17.2 Å². The van der Waals surface area contributed by atoms with Gasteiger partial charge in [-0.3, -0.25) is 9.89 Å². The predicted octanol–water partition coefficient (Wildman–Crippen LogP) is 3.32. The maximum Gasteiger partial charge on any atom is 0.289 e. The number of hydrogen-bond donors (Lipinski definition) is 3. The molecular formula is C18H15BrN4O3. The molecule has 1 heterocycles. The molecule has 0 unspecified atom stereocenters. The van der Waals surface area contributed by atoms with Crippen molar-refractivity contribution in [1.29, 1.82) is 0 Å². The summed E-state index contributed by atoms with van der Waals surface area (Å²) in [6.45, 7) is 0. The first-order valence-corrected chi connectivity index (χ1v) is 8.38. The average molecular weight is 415 g/mol. The van der Waals surface area contributed by atoms with Crippen molar-refractivity contribution < 1.29 is 14.6 Å². The number of carbonyl (C=O) groups is 1. The number of phenolic OH excluding ortho intramolecular Hbond substituents is 1. The molecule has 3 rings (SSSR count). The van der Waals surface area contributed by atoms with Gasteiger partial charge in [0.05, 0.1) is 19.0 Å². The van der Waals surface area contributed by atoms with Crippen molar-refractivity contribution in [3.05, 3.63) is 64.3 Å². The summed E-state index contributed by atoms with van der Waals surface area (Å²) in [4.78, 5) is 12.1. The van der Waals surface area contributed by atoms with E-state index in [1.54, 1.807) is 25.3 Å². The van der Waals surface area contributed by atoms with E-state index in [-0.39, 0.29) is 11.4 Å². The van der Waals surface area contributed by atoms with Crippen LogP contribution in [0.4, 0.5) is 0 Å². The van der Waals surface area contributed by atoms with E-state index < -0.39 is 5.91 Å². The van der Waals surface area contributed by atoms with Gasteiger partial charge in [-0.25, -0.2) is 5.43 Å². The van der Waals surface area contributed by atoms with E-state index in [9.17, 15) is 9.90 Å². The van der Waals surface area contributed by atoms with Gasteiger partial charge in [-0.2, -0.15) is 10.2 Å². The maximum absolute atomic E-state index is 12.1. The van der Waals surface area contributed by atoms with Crippen LogP contribution in [0.15, 0.2) is 58.1 Å². The molecule has 0 saturated carbocycles. The summed E-state index contributed by atoms with van der Waals surface area (Å²) in [6.07, 6.45) is 1.36. The van der Waals surface area contributed by atoms with Crippen molar-refractivity contribution in [3.8, 4) is 22.8 Å². The van der Waals surface area contributed by atoms with Gasteiger partial charge >= 0.3 is 0 Å². The number of ether oxygens (including phenoxy) is 1. The number of phenols is 1. The van der Waals surface area contributed by atoms with Gasteiger partial charge in [-0.05, 0) is 48.5 Å². The monoisotopic (exact) mass is 414 g/mol. The van der Waals surface area contributed by atoms with E-state index in [0.29, 0.717) is 11.3 Å². The van der Waals surface area contributed by atoms with E-state index in [1.807, 2.05) is 24.3 Å². The first kappa shape index (κ1) is 17.7. The first-order valence-electron chi connectivity index (χ1n) is 7.58. The Labute approximate surface area is 157 Å². The molecular weight excluding hydrogens is 400 g/mol. The van der Waals surface area contributed by atoms with Crippen molar-refractivity contribution in [1.82, 2.24) is 15.6 Å². The quantitative estimate of drug-likeness (QED) is 0.440. The fourth-order valence-corrected chi connectivity index (χ4v) is 2.58. The Morgan fingerprint density at radius 2 is 2.04 bits per heavy atom. The smallest absolute Gasteiger partial charge is 0.289 e. The summed E-state index contributed by atoms with van der Waals surface area (Å²) in [5.41, 5.74) is 4.62. The van der Waals surface area contributed by atoms with E-state index in [4.69, 9.17) is 4.74 Å². The van der Waals surface area contributed by atoms with Crippen LogP contribution >= 0.6 is 15.9 Å². The highest BCUT2D eigenvalue weighted by Gasteiger charge is 2.10. The highest BCUT2D eigenvalue weighted by molar-refractivity contribution is 9.10. The molecule has 7 nitrogen and oxygen atoms in total. The van der Waals surface area contributed by atoms with Crippen LogP contribution in [0.1, 0.15) is 16.1 Å². The summed E-state index contributed by atoms with van der Waals surface area (Å²) in [5, 5.41) is 20.4. The standard InChI is InChI=1S/C18H15BrN4O3/c1-26-14-5-2-11(3-6-14)15-9-16(22-21-15)18(25)23-20-10-12-8-13(19)4-7-17(12)24/h2-10,24H,1H3,(H,21,22)(H,23,25)/b20-10+. The number of rotatable bonds is 5. The number of halogens is 1. The largest absolute Gasteiger partial charge is 0.507 e. The third kappa shape index (κ3) is 4.09. The number of nitrogens with one attached hydrogen (secondary N) is 2. The van der Waals surface area contributed by atoms with E-state index in [2.05, 4.69) is 36.7 Å². The van der Waals surface area contributed by atoms with E-state index in [0.717, 1.165) is 15.8 Å². The van der Waals surface area contributed by atoms with Crippen molar-refractivity contribution in [3.63, 3.8) is 0 Å². The van der Waals surface area contributed by atoms with Crippen LogP contribution in [-0.4, -0.2) is 34.5 Å². The normalized spacial score (nSPS) is 10.8. The zero-order valence-corrected chi connectivity index (χ0v) is 15.3. The lowest BCUT2D eigenvalue weighted by Crippen LogP contribution is -2.18. The zero-order valence-electron chi connectivity index (χ0n) is 13.7. The predicted molar refractivity (Wildman–Crippen MR) is 101 cm³/mol. The number of aromatic amines is 1. The number of hydrazone groups is 1. The lowest BCUT2D eigenvalue weighted by atomic mass is 10.1. The summed E-state index contributed by atoms with van der Waals surface area (Å²) < 4.78 is 5.91. The highest BCUT2D eigenvalue weighted by atomic mass is 79.9. The number of nitrogens with zero attached hydrogens (tertiary/aromatic N) is 2. The number of carbonyl (C=O) groups excluding carboxylic acids is 1. The second kappa shape index (κ2) is 7.83. The first-order chi connectivity index (χ1) is 12.6. The topological polar surface area (TPSA) is 99.6 Å². The number of benzene rings is 2. The number of amides is 1. The Hall–Kier alpha value is -3.13. The van der Waals surface area contributed by atoms with Crippen molar-refractivity contribution in [2.24, 2.45) is 5.10 Å². The second-order valence-electron chi connectivity index (χ2n) is 5.30. The van der Waals surface area contributed by atoms with Crippen LogP contribution in [0.2, 0.25) is 0 Å². The Morgan fingerprint density at radius 3 is 2.77 bits per heavy atom. The van der Waals surface area contributed by atoms with Gasteiger partial charge in [0.2, 0.25) is 0 Å². The molecule has 0 aliphatic carbocycles. The fraction of sp³-hybridized carbons (Fsp3) is 0.0556. The third-order valence-electron chi connectivity index (χ3n) is 3.57. The molecule has 0 aliphatic rings. The highest BCUT2D eigenvalue weighted by Crippen LogP contribution is 2.21. The molecule has 0 spiro atoms. The molecule has 1 aromatic heterocycles. The molecule has 2 aromatic carbocycles. The van der Waals surface area contributed by atoms with Gasteiger partial charge in [0.15, 0.2) is 0 Å². The van der Waals surface area contributed by atoms with Crippen molar-refractivity contribution >= 4 is 28.1 Å². The Morgan fingerprint density at radius 1 is 1.27 bits per heavy atom. The second-order valence-corrected chi connectivity index (χ2v) is 6.21. The Bertz CT molecular complexity index is 951. The number of aromatic hydroxyl groups is 1. The molecule has 8 heteroatoms. The van der Waals surface area contributed by atoms with Crippen LogP contribution in [0.3, 0.4) is 0 Å². The number of methoxy groups -OCH3 is 1. The van der Waals surface area contributed by atoms with Crippen molar-refractivity contribution in [2.75, 3.05) is 7.11 Å². The number of aromatic nitrogens is 2. The molecule has 26 heavy (non-hydrogen) atoms. The minimum atomic E-state index is -0.442. The molecule has 0 aliphatic heterocycles. The van der Waals surface area contributed by atoms with Crippen LogP contribution in [0.25, 0.3) is 11.3 Å². The van der Waals surface area contributed by atoms with Gasteiger partial charge in [-0.1, -0.05) is 15.9 Å². The van der Waals surface area contributed by atoms with Gasteiger partial charge < -0.3 is 9.84 Å². The minimum absolute atomic E-state index is 0.0644. The SMILES string of the molecule is COc1ccc(-c2cc(C(=O)N/N=C/c3cc(Br)ccc3O)[nH]n2)cc1. The third-order valence-corrected chi connectivity index (χ3v) is 4.06. The molecule has 0 fully saturated rings. The molecule has 0 bridgehead atoms. The summed E-state index contributed by atoms with van der Waals surface area (Å²) >= 11 is 3.31. The lowest BCUT2D eigenvalue weighted by Gasteiger charge is -2.00. The summed E-state index contributed by atoms with van der Waals surface area (Å²) in [7, 11) is 1.60. The fourth-order valence-electron chi connectivity index (χ4n) is 2.20. The summed E-state index contributed by atoms with van der Waals surface area (Å²) in [6, 6.07) is 13.9. The lowest BCUT2D eigenvalue weighted by molar-refractivity contribution is 0.0950. The molecule has 3 N–H and O–H groups in total. The molecule has 3 aromatic rings. The molecule has 1 amide bonds. The van der Waals surface area contributed by atoms with Crippen LogP contribution < -0.4 is 10.2 Å². The maximum atomic E-state index is 12.1. The van der Waals surface area contributed by atoms with Gasteiger partial charge in [-0.15, -0.1) is 0 Å². The molecule has 0 atom stereocenters. The van der Waals surface area contributed by atoms with E-state index >= 15 is 0 Å². The number of hydrogen-bond acceptors (Lipinski definition) is 5. The van der Waals surface area contributed by atoms with Gasteiger partial charge in [0, 0.05) is 15.6 Å².